The van der Waals surface area contributed by atoms with Gasteiger partial charge in [0.15, 0.2) is 0 Å². The van der Waals surface area contributed by atoms with Crippen LogP contribution in [-0.4, -0.2) is 58.2 Å². The molecule has 0 N–H and O–H groups in total. The Labute approximate surface area is 131 Å². The minimum atomic E-state index is -1.73. The second-order valence-corrected chi connectivity index (χ2v) is 5.04. The van der Waals surface area contributed by atoms with E-state index in [0.29, 0.717) is 0 Å². The molecule has 0 spiro atoms. The van der Waals surface area contributed by atoms with Crippen molar-refractivity contribution in [3.05, 3.63) is 40.2 Å². The third kappa shape index (κ3) is 38.4. The zero-order chi connectivity index (χ0) is 13.2. The predicted octanol–water partition coefficient (Wildman–Crippen LogP) is 1.94. The van der Waals surface area contributed by atoms with Gasteiger partial charge in [-0.25, -0.2) is 0 Å². The standard InChI is InChI=1S/C5H6FGe.3C2H6N.Hf/c6-7-5-3-1-2-4-5;3*1-3-2;/h1-4H,7H2;3*1-2H3;/q4*-1;+4. The van der Waals surface area contributed by atoms with E-state index < -0.39 is 15.9 Å². The average molecular weight is 468 g/mol. The van der Waals surface area contributed by atoms with Gasteiger partial charge in [-0.3, -0.25) is 0 Å². The van der Waals surface area contributed by atoms with Gasteiger partial charge in [0.1, 0.15) is 0 Å². The van der Waals surface area contributed by atoms with E-state index in [1.165, 1.54) is 0 Å². The van der Waals surface area contributed by atoms with Gasteiger partial charge in [0.25, 0.3) is 0 Å². The molecule has 0 atom stereocenters. The molecule has 0 bridgehead atoms. The van der Waals surface area contributed by atoms with E-state index in [1.54, 1.807) is 42.3 Å². The Morgan fingerprint density at radius 3 is 1.18 bits per heavy atom. The maximum absolute atomic E-state index is 11.7. The summed E-state index contributed by atoms with van der Waals surface area (Å²) >= 11 is -1.73. The number of hydrogen-bond acceptors (Lipinski definition) is 0. The maximum atomic E-state index is 11.7. The molecule has 3 nitrogen and oxygen atoms in total. The molecule has 0 fully saturated rings. The van der Waals surface area contributed by atoms with Crippen LogP contribution in [0.2, 0.25) is 0 Å². The molecule has 0 radical (unpaired) electrons. The topological polar surface area (TPSA) is 42.3 Å². The zero-order valence-electron chi connectivity index (χ0n) is 11.7. The van der Waals surface area contributed by atoms with Crippen LogP contribution in [0.3, 0.4) is 0 Å². The summed E-state index contributed by atoms with van der Waals surface area (Å²) in [5.41, 5.74) is 0. The molecular formula is C11H24FGeHfN3. The normalized spacial score (nSPS) is 7.71. The Balaban J connectivity index is -0.0000000734. The molecule has 17 heavy (non-hydrogen) atoms. The van der Waals surface area contributed by atoms with Crippen LogP contribution < -0.4 is 4.40 Å². The van der Waals surface area contributed by atoms with Gasteiger partial charge < -0.3 is 16.0 Å². The first-order chi connectivity index (χ1) is 7.67. The predicted molar refractivity (Wildman–Crippen MR) is 76.9 cm³/mol. The Morgan fingerprint density at radius 1 is 0.824 bits per heavy atom. The summed E-state index contributed by atoms with van der Waals surface area (Å²) in [6.45, 7) is 0. The van der Waals surface area contributed by atoms with Crippen molar-refractivity contribution < 1.29 is 29.3 Å². The molecule has 98 valence electrons. The summed E-state index contributed by atoms with van der Waals surface area (Å²) in [5.74, 6) is 0. The zero-order valence-corrected chi connectivity index (χ0v) is 18.3. The van der Waals surface area contributed by atoms with E-state index in [1.807, 2.05) is 24.3 Å². The molecule has 0 aliphatic carbocycles. The molecular weight excluding hydrogens is 444 g/mol. The van der Waals surface area contributed by atoms with Gasteiger partial charge in [-0.05, 0) is 0 Å². The molecule has 0 unspecified atom stereocenters. The SMILES string of the molecule is C[N-]C.C[N-]C.C[N-]C.[F][GeH2][c-]1cccc1.[Hf+4]. The van der Waals surface area contributed by atoms with Crippen molar-refractivity contribution in [2.75, 3.05) is 42.3 Å². The van der Waals surface area contributed by atoms with Crippen LogP contribution in [0.1, 0.15) is 0 Å². The number of hydrogen-bond donors (Lipinski definition) is 0. The quantitative estimate of drug-likeness (QED) is 0.447. The van der Waals surface area contributed by atoms with Gasteiger partial charge >= 0.3 is 73.9 Å². The van der Waals surface area contributed by atoms with Crippen molar-refractivity contribution >= 4 is 20.3 Å². The van der Waals surface area contributed by atoms with Crippen molar-refractivity contribution in [3.63, 3.8) is 0 Å². The Morgan fingerprint density at radius 2 is 1.06 bits per heavy atom. The summed E-state index contributed by atoms with van der Waals surface area (Å²) in [6, 6.07) is 7.44. The number of halogens is 1. The fraction of sp³-hybridized carbons (Fsp3) is 0.545. The van der Waals surface area contributed by atoms with Crippen molar-refractivity contribution in [2.45, 2.75) is 0 Å². The first kappa shape index (κ1) is 26.2. The van der Waals surface area contributed by atoms with Gasteiger partial charge in [-0.1, -0.05) is 0 Å². The van der Waals surface area contributed by atoms with E-state index in [9.17, 15) is 3.50 Å². The molecule has 6 heteroatoms. The van der Waals surface area contributed by atoms with E-state index >= 15 is 0 Å². The largest absolute Gasteiger partial charge is 4.00 e. The average Bonchev–Trinajstić information content (AvgIpc) is 2.73. The monoisotopic (exact) mass is 471 g/mol. The van der Waals surface area contributed by atoms with Crippen LogP contribution >= 0.6 is 0 Å². The summed E-state index contributed by atoms with van der Waals surface area (Å²) in [4.78, 5) is 0. The van der Waals surface area contributed by atoms with Crippen LogP contribution in [-0.2, 0) is 25.8 Å². The minimum absolute atomic E-state index is 0. The second-order valence-electron chi connectivity index (χ2n) is 2.77. The van der Waals surface area contributed by atoms with Crippen LogP contribution in [0.4, 0.5) is 3.50 Å². The molecule has 0 aliphatic rings. The van der Waals surface area contributed by atoms with Crippen LogP contribution in [0.5, 0.6) is 0 Å². The van der Waals surface area contributed by atoms with Crippen LogP contribution in [0, 0.1) is 0 Å². The number of rotatable bonds is 1. The summed E-state index contributed by atoms with van der Waals surface area (Å²) in [6.07, 6.45) is 0. The Kier molecular flexibility index (Phi) is 46.2. The van der Waals surface area contributed by atoms with E-state index in [0.717, 1.165) is 4.40 Å². The van der Waals surface area contributed by atoms with E-state index in [-0.39, 0.29) is 25.8 Å². The van der Waals surface area contributed by atoms with Gasteiger partial charge in [0.2, 0.25) is 0 Å². The first-order valence-corrected chi connectivity index (χ1v) is 7.49. The Hall–Kier alpha value is 0.573. The third-order valence-corrected chi connectivity index (χ3v) is 2.52. The second kappa shape index (κ2) is 30.0. The fourth-order valence-electron chi connectivity index (χ4n) is 0.503. The molecule has 0 saturated carbocycles. The van der Waals surface area contributed by atoms with Gasteiger partial charge in [-0.15, -0.1) is 0 Å². The van der Waals surface area contributed by atoms with Gasteiger partial charge in [0, 0.05) is 0 Å². The van der Waals surface area contributed by atoms with Gasteiger partial charge in [-0.2, -0.15) is 42.3 Å². The first-order valence-electron chi connectivity index (χ1n) is 4.88. The fourth-order valence-corrected chi connectivity index (χ4v) is 1.45. The minimum Gasteiger partial charge on any atom is 4.00 e. The van der Waals surface area contributed by atoms with Crippen LogP contribution in [0.25, 0.3) is 16.0 Å². The summed E-state index contributed by atoms with van der Waals surface area (Å²) in [7, 11) is 10.5. The molecule has 0 amide bonds. The van der Waals surface area contributed by atoms with E-state index in [4.69, 9.17) is 0 Å². The summed E-state index contributed by atoms with van der Waals surface area (Å²) in [5, 5.41) is 10.5. The smallest absolute Gasteiger partial charge is 4.00 e. The van der Waals surface area contributed by atoms with Crippen LogP contribution in [0.15, 0.2) is 24.3 Å². The molecule has 1 aromatic rings. The molecule has 1 rings (SSSR count). The van der Waals surface area contributed by atoms with Crippen molar-refractivity contribution in [2.24, 2.45) is 0 Å². The third-order valence-electron chi connectivity index (χ3n) is 0.886. The maximum Gasteiger partial charge on any atom is 4.00 e. The molecule has 0 aliphatic heterocycles. The number of nitrogens with zero attached hydrogens (tertiary/aromatic N) is 3. The van der Waals surface area contributed by atoms with Gasteiger partial charge in [0.05, 0.1) is 0 Å². The molecule has 0 saturated heterocycles. The molecule has 1 aromatic carbocycles. The summed E-state index contributed by atoms with van der Waals surface area (Å²) < 4.78 is 12.7. The molecule has 0 heterocycles. The van der Waals surface area contributed by atoms with Crippen molar-refractivity contribution in [1.29, 1.82) is 0 Å². The Bertz CT molecular complexity index is 170. The molecule has 0 aromatic heterocycles. The van der Waals surface area contributed by atoms with Crippen molar-refractivity contribution in [3.8, 4) is 0 Å². The van der Waals surface area contributed by atoms with E-state index in [2.05, 4.69) is 16.0 Å². The van der Waals surface area contributed by atoms with Crippen molar-refractivity contribution in [1.82, 2.24) is 0 Å².